The van der Waals surface area contributed by atoms with Crippen molar-refractivity contribution >= 4 is 28.9 Å². The Hall–Kier alpha value is -2.55. The van der Waals surface area contributed by atoms with Gasteiger partial charge in [-0.15, -0.1) is 0 Å². The van der Waals surface area contributed by atoms with E-state index in [1.54, 1.807) is 24.3 Å². The molecule has 0 bridgehead atoms. The lowest BCUT2D eigenvalue weighted by Crippen LogP contribution is -2.52. The molecule has 0 saturated carbocycles. The second-order valence-electron chi connectivity index (χ2n) is 6.33. The van der Waals surface area contributed by atoms with Gasteiger partial charge in [-0.1, -0.05) is 23.7 Å². The number of nitrogens with one attached hydrogen (secondary N) is 1. The molecule has 0 aliphatic carbocycles. The van der Waals surface area contributed by atoms with Crippen LogP contribution in [0.4, 0.5) is 11.4 Å². The van der Waals surface area contributed by atoms with Crippen LogP contribution in [0, 0.1) is 11.3 Å². The SMILES string of the molecule is C[C@@H](C(=O)Nc1ccc(C#N)cc1)N1CCN(c2ccccc2Cl)CC1. The first kappa shape index (κ1) is 18.2. The molecular formula is C20H21ClN4O. The van der Waals surface area contributed by atoms with Gasteiger partial charge in [0.05, 0.1) is 28.4 Å². The van der Waals surface area contributed by atoms with Gasteiger partial charge in [0.15, 0.2) is 0 Å². The first-order valence-corrected chi connectivity index (χ1v) is 9.01. The molecule has 1 N–H and O–H groups in total. The smallest absolute Gasteiger partial charge is 0.241 e. The topological polar surface area (TPSA) is 59.4 Å². The van der Waals surface area contributed by atoms with Crippen LogP contribution in [0.1, 0.15) is 12.5 Å². The van der Waals surface area contributed by atoms with Crippen molar-refractivity contribution in [2.45, 2.75) is 13.0 Å². The van der Waals surface area contributed by atoms with Crippen molar-refractivity contribution < 1.29 is 4.79 Å². The molecule has 1 aliphatic rings. The molecule has 1 aliphatic heterocycles. The monoisotopic (exact) mass is 368 g/mol. The Labute approximate surface area is 158 Å². The van der Waals surface area contributed by atoms with E-state index < -0.39 is 0 Å². The maximum atomic E-state index is 12.5. The number of para-hydroxylation sites is 1. The number of amides is 1. The zero-order chi connectivity index (χ0) is 18.5. The third-order valence-electron chi connectivity index (χ3n) is 4.72. The summed E-state index contributed by atoms with van der Waals surface area (Å²) in [6, 6.07) is 16.6. The summed E-state index contributed by atoms with van der Waals surface area (Å²) in [5.74, 6) is -0.0408. The Kier molecular flexibility index (Phi) is 5.77. The van der Waals surface area contributed by atoms with Crippen LogP contribution in [-0.2, 0) is 4.79 Å². The minimum Gasteiger partial charge on any atom is -0.368 e. The number of benzene rings is 2. The fourth-order valence-corrected chi connectivity index (χ4v) is 3.35. The van der Waals surface area contributed by atoms with Crippen molar-refractivity contribution in [3.8, 4) is 6.07 Å². The van der Waals surface area contributed by atoms with Crippen LogP contribution >= 0.6 is 11.6 Å². The highest BCUT2D eigenvalue weighted by Gasteiger charge is 2.26. The summed E-state index contributed by atoms with van der Waals surface area (Å²) in [6.45, 7) is 5.18. The molecule has 6 heteroatoms. The van der Waals surface area contributed by atoms with Gasteiger partial charge < -0.3 is 10.2 Å². The minimum atomic E-state index is -0.223. The first-order chi connectivity index (χ1) is 12.6. The molecule has 5 nitrogen and oxygen atoms in total. The average molecular weight is 369 g/mol. The number of halogens is 1. The van der Waals surface area contributed by atoms with Crippen molar-refractivity contribution in [1.29, 1.82) is 5.26 Å². The fourth-order valence-electron chi connectivity index (χ4n) is 3.10. The standard InChI is InChI=1S/C20H21ClN4O/c1-15(20(26)23-17-8-6-16(14-22)7-9-17)24-10-12-25(13-11-24)19-5-3-2-4-18(19)21/h2-9,15H,10-13H2,1H3,(H,23,26)/t15-/m0/s1. The Bertz CT molecular complexity index is 807. The van der Waals surface area contributed by atoms with E-state index in [4.69, 9.17) is 16.9 Å². The predicted octanol–water partition coefficient (Wildman–Crippen LogP) is 3.36. The summed E-state index contributed by atoms with van der Waals surface area (Å²) in [4.78, 5) is 16.9. The van der Waals surface area contributed by atoms with Crippen LogP contribution in [0.3, 0.4) is 0 Å². The number of piperazine rings is 1. The highest BCUT2D eigenvalue weighted by Crippen LogP contribution is 2.26. The quantitative estimate of drug-likeness (QED) is 0.898. The van der Waals surface area contributed by atoms with Gasteiger partial charge in [0.2, 0.25) is 5.91 Å². The van der Waals surface area contributed by atoms with E-state index in [-0.39, 0.29) is 11.9 Å². The molecule has 3 rings (SSSR count). The number of nitrogens with zero attached hydrogens (tertiary/aromatic N) is 3. The summed E-state index contributed by atoms with van der Waals surface area (Å²) in [5, 5.41) is 12.5. The van der Waals surface area contributed by atoms with Gasteiger partial charge in [0, 0.05) is 31.9 Å². The Morgan fingerprint density at radius 2 is 1.77 bits per heavy atom. The van der Waals surface area contributed by atoms with E-state index in [0.29, 0.717) is 11.3 Å². The van der Waals surface area contributed by atoms with E-state index in [2.05, 4.69) is 21.2 Å². The molecule has 1 amide bonds. The molecule has 1 heterocycles. The van der Waals surface area contributed by atoms with Gasteiger partial charge in [0.25, 0.3) is 0 Å². The highest BCUT2D eigenvalue weighted by atomic mass is 35.5. The van der Waals surface area contributed by atoms with Crippen LogP contribution in [0.5, 0.6) is 0 Å². The summed E-state index contributed by atoms with van der Waals surface area (Å²) < 4.78 is 0. The summed E-state index contributed by atoms with van der Waals surface area (Å²) in [6.07, 6.45) is 0. The normalized spacial score (nSPS) is 16.0. The number of nitriles is 1. The van der Waals surface area contributed by atoms with Crippen LogP contribution in [0.15, 0.2) is 48.5 Å². The molecular weight excluding hydrogens is 348 g/mol. The predicted molar refractivity (Wildman–Crippen MR) is 104 cm³/mol. The second kappa shape index (κ2) is 8.22. The third-order valence-corrected chi connectivity index (χ3v) is 5.04. The lowest BCUT2D eigenvalue weighted by atomic mass is 10.2. The van der Waals surface area contributed by atoms with Crippen molar-refractivity contribution in [2.24, 2.45) is 0 Å². The van der Waals surface area contributed by atoms with E-state index in [0.717, 1.165) is 36.9 Å². The van der Waals surface area contributed by atoms with Gasteiger partial charge in [-0.25, -0.2) is 0 Å². The molecule has 2 aromatic rings. The third kappa shape index (κ3) is 4.16. The Balaban J connectivity index is 1.55. The molecule has 0 spiro atoms. The number of carbonyl (C=O) groups excluding carboxylic acids is 1. The second-order valence-corrected chi connectivity index (χ2v) is 6.74. The first-order valence-electron chi connectivity index (χ1n) is 8.63. The van der Waals surface area contributed by atoms with E-state index in [1.807, 2.05) is 31.2 Å². The maximum Gasteiger partial charge on any atom is 0.241 e. The van der Waals surface area contributed by atoms with Crippen molar-refractivity contribution in [3.05, 3.63) is 59.1 Å². The van der Waals surface area contributed by atoms with Crippen LogP contribution in [0.25, 0.3) is 0 Å². The van der Waals surface area contributed by atoms with Gasteiger partial charge in [-0.2, -0.15) is 5.26 Å². The maximum absolute atomic E-state index is 12.5. The summed E-state index contributed by atoms with van der Waals surface area (Å²) in [5.41, 5.74) is 2.32. The largest absolute Gasteiger partial charge is 0.368 e. The minimum absolute atomic E-state index is 0.0408. The average Bonchev–Trinajstić information content (AvgIpc) is 2.68. The van der Waals surface area contributed by atoms with E-state index >= 15 is 0 Å². The molecule has 0 unspecified atom stereocenters. The van der Waals surface area contributed by atoms with Gasteiger partial charge in [-0.3, -0.25) is 9.69 Å². The van der Waals surface area contributed by atoms with Crippen molar-refractivity contribution in [2.75, 3.05) is 36.4 Å². The molecule has 1 atom stereocenters. The Morgan fingerprint density at radius 1 is 1.12 bits per heavy atom. The van der Waals surface area contributed by atoms with Crippen LogP contribution < -0.4 is 10.2 Å². The number of hydrogen-bond donors (Lipinski definition) is 1. The number of hydrogen-bond acceptors (Lipinski definition) is 4. The van der Waals surface area contributed by atoms with Gasteiger partial charge >= 0.3 is 0 Å². The number of rotatable bonds is 4. The molecule has 134 valence electrons. The Morgan fingerprint density at radius 3 is 2.38 bits per heavy atom. The fraction of sp³-hybridized carbons (Fsp3) is 0.300. The number of carbonyl (C=O) groups is 1. The van der Waals surface area contributed by atoms with E-state index in [1.165, 1.54) is 0 Å². The van der Waals surface area contributed by atoms with Crippen LogP contribution in [0.2, 0.25) is 5.02 Å². The van der Waals surface area contributed by atoms with Crippen LogP contribution in [-0.4, -0.2) is 43.0 Å². The zero-order valence-corrected chi connectivity index (χ0v) is 15.4. The summed E-state index contributed by atoms with van der Waals surface area (Å²) >= 11 is 6.28. The molecule has 0 radical (unpaired) electrons. The lowest BCUT2D eigenvalue weighted by molar-refractivity contribution is -0.120. The number of anilines is 2. The van der Waals surface area contributed by atoms with Gasteiger partial charge in [0.1, 0.15) is 0 Å². The van der Waals surface area contributed by atoms with E-state index in [9.17, 15) is 4.79 Å². The van der Waals surface area contributed by atoms with Gasteiger partial charge in [-0.05, 0) is 43.3 Å². The molecule has 26 heavy (non-hydrogen) atoms. The molecule has 1 saturated heterocycles. The van der Waals surface area contributed by atoms with Crippen molar-refractivity contribution in [1.82, 2.24) is 4.90 Å². The molecule has 1 fully saturated rings. The lowest BCUT2D eigenvalue weighted by Gasteiger charge is -2.38. The van der Waals surface area contributed by atoms with Crippen molar-refractivity contribution in [3.63, 3.8) is 0 Å². The molecule has 0 aromatic heterocycles. The molecule has 2 aromatic carbocycles. The highest BCUT2D eigenvalue weighted by molar-refractivity contribution is 6.33. The zero-order valence-electron chi connectivity index (χ0n) is 14.7. The summed E-state index contributed by atoms with van der Waals surface area (Å²) in [7, 11) is 0.